The van der Waals surface area contributed by atoms with Gasteiger partial charge in [0.1, 0.15) is 23.8 Å². The first-order chi connectivity index (χ1) is 9.69. The van der Waals surface area contributed by atoms with Gasteiger partial charge in [-0.3, -0.25) is 4.57 Å². The van der Waals surface area contributed by atoms with E-state index in [1.165, 1.54) is 0 Å². The molecule has 0 radical (unpaired) electrons. The highest BCUT2D eigenvalue weighted by atomic mass is 15.3. The first kappa shape index (κ1) is 12.6. The third-order valence-corrected chi connectivity index (χ3v) is 3.09. The molecule has 0 fully saturated rings. The number of hydrogen-bond acceptors (Lipinski definition) is 5. The Kier molecular flexibility index (Phi) is 3.08. The number of nitrogens with zero attached hydrogens (tertiary/aromatic N) is 4. The smallest absolute Gasteiger partial charge is 0.145 e. The molecule has 1 aromatic carbocycles. The third kappa shape index (κ3) is 2.10. The predicted octanol–water partition coefficient (Wildman–Crippen LogP) is 2.22. The fourth-order valence-electron chi connectivity index (χ4n) is 2.05. The number of nitrogen functional groups attached to an aromatic ring is 1. The highest BCUT2D eigenvalue weighted by Gasteiger charge is 2.11. The first-order valence-electron chi connectivity index (χ1n) is 6.47. The van der Waals surface area contributed by atoms with Crippen molar-refractivity contribution < 1.29 is 0 Å². The zero-order valence-corrected chi connectivity index (χ0v) is 11.4. The number of fused-ring (bicyclic) bond motifs is 1. The molecule has 0 unspecified atom stereocenters. The zero-order valence-electron chi connectivity index (χ0n) is 11.4. The molecule has 2 heterocycles. The average molecular weight is 268 g/mol. The van der Waals surface area contributed by atoms with Gasteiger partial charge in [0.15, 0.2) is 0 Å². The summed E-state index contributed by atoms with van der Waals surface area (Å²) in [6, 6.07) is 9.73. The Hall–Kier alpha value is -2.47. The molecule has 0 aliphatic heterocycles. The van der Waals surface area contributed by atoms with Crippen LogP contribution in [0.4, 0.5) is 5.82 Å². The molecule has 0 aliphatic carbocycles. The second-order valence-corrected chi connectivity index (χ2v) is 4.87. The lowest BCUT2D eigenvalue weighted by atomic mass is 10.2. The summed E-state index contributed by atoms with van der Waals surface area (Å²) in [5, 5.41) is 0. The van der Waals surface area contributed by atoms with Gasteiger partial charge in [-0.2, -0.15) is 0 Å². The van der Waals surface area contributed by atoms with Gasteiger partial charge in [0.05, 0.1) is 11.0 Å². The van der Waals surface area contributed by atoms with Gasteiger partial charge in [0.25, 0.3) is 0 Å². The molecule has 3 aromatic rings. The topological polar surface area (TPSA) is 81.6 Å². The average Bonchev–Trinajstić information content (AvgIpc) is 2.90. The van der Waals surface area contributed by atoms with Crippen LogP contribution < -0.4 is 11.3 Å². The van der Waals surface area contributed by atoms with Crippen LogP contribution in [0.3, 0.4) is 0 Å². The molecule has 0 amide bonds. The molecule has 3 N–H and O–H groups in total. The molecule has 0 aliphatic rings. The van der Waals surface area contributed by atoms with Crippen LogP contribution in [0.25, 0.3) is 16.9 Å². The molecule has 0 saturated heterocycles. The minimum atomic E-state index is 0.219. The van der Waals surface area contributed by atoms with Gasteiger partial charge in [-0.25, -0.2) is 20.8 Å². The van der Waals surface area contributed by atoms with Crippen molar-refractivity contribution in [2.45, 2.75) is 19.8 Å². The van der Waals surface area contributed by atoms with Crippen LogP contribution in [0.1, 0.15) is 25.6 Å². The Morgan fingerprint density at radius 2 is 2.00 bits per heavy atom. The van der Waals surface area contributed by atoms with Crippen LogP contribution in [0.5, 0.6) is 0 Å². The van der Waals surface area contributed by atoms with E-state index in [0.29, 0.717) is 5.82 Å². The molecule has 0 atom stereocenters. The number of imidazole rings is 1. The normalized spacial score (nSPS) is 11.2. The summed E-state index contributed by atoms with van der Waals surface area (Å²) in [5.74, 6) is 7.80. The van der Waals surface area contributed by atoms with Crippen LogP contribution in [0, 0.1) is 0 Å². The molecule has 0 saturated carbocycles. The molecule has 102 valence electrons. The fraction of sp³-hybridized carbons (Fsp3) is 0.214. The number of para-hydroxylation sites is 2. The van der Waals surface area contributed by atoms with Crippen molar-refractivity contribution in [3.05, 3.63) is 42.5 Å². The summed E-state index contributed by atoms with van der Waals surface area (Å²) >= 11 is 0. The van der Waals surface area contributed by atoms with Crippen molar-refractivity contribution in [1.29, 1.82) is 0 Å². The maximum atomic E-state index is 5.49. The van der Waals surface area contributed by atoms with E-state index in [4.69, 9.17) is 5.84 Å². The van der Waals surface area contributed by atoms with Crippen molar-refractivity contribution in [3.8, 4) is 5.82 Å². The van der Waals surface area contributed by atoms with Gasteiger partial charge in [0, 0.05) is 12.0 Å². The van der Waals surface area contributed by atoms with E-state index >= 15 is 0 Å². The SMILES string of the molecule is CC(C)c1nc(NN)cc(-n2cnc3ccccc32)n1. The van der Waals surface area contributed by atoms with Gasteiger partial charge in [-0.05, 0) is 12.1 Å². The van der Waals surface area contributed by atoms with E-state index in [1.54, 1.807) is 12.4 Å². The number of aromatic nitrogens is 4. The van der Waals surface area contributed by atoms with Crippen molar-refractivity contribution in [2.75, 3.05) is 5.43 Å². The highest BCUT2D eigenvalue weighted by molar-refractivity contribution is 5.76. The highest BCUT2D eigenvalue weighted by Crippen LogP contribution is 2.20. The molecular weight excluding hydrogens is 252 g/mol. The van der Waals surface area contributed by atoms with Crippen molar-refractivity contribution >= 4 is 16.9 Å². The number of nitrogens with two attached hydrogens (primary N) is 1. The van der Waals surface area contributed by atoms with Crippen LogP contribution in [-0.4, -0.2) is 19.5 Å². The quantitative estimate of drug-likeness (QED) is 0.562. The maximum Gasteiger partial charge on any atom is 0.145 e. The summed E-state index contributed by atoms with van der Waals surface area (Å²) in [7, 11) is 0. The maximum absolute atomic E-state index is 5.49. The monoisotopic (exact) mass is 268 g/mol. The molecule has 6 nitrogen and oxygen atoms in total. The predicted molar refractivity (Wildman–Crippen MR) is 78.6 cm³/mol. The number of benzene rings is 1. The standard InChI is InChI=1S/C14H16N6/c1-9(2)14-17-12(19-15)7-13(18-14)20-8-16-10-5-3-4-6-11(10)20/h3-9H,15H2,1-2H3,(H,17,18,19). The Balaban J connectivity index is 2.20. The van der Waals surface area contributed by atoms with Gasteiger partial charge in [-0.1, -0.05) is 26.0 Å². The van der Waals surface area contributed by atoms with Crippen molar-refractivity contribution in [2.24, 2.45) is 5.84 Å². The van der Waals surface area contributed by atoms with Gasteiger partial charge in [-0.15, -0.1) is 0 Å². The van der Waals surface area contributed by atoms with E-state index in [2.05, 4.69) is 20.4 Å². The molecule has 20 heavy (non-hydrogen) atoms. The summed E-state index contributed by atoms with van der Waals surface area (Å²) < 4.78 is 1.93. The first-order valence-corrected chi connectivity index (χ1v) is 6.47. The Bertz CT molecular complexity index is 746. The van der Waals surface area contributed by atoms with Gasteiger partial charge < -0.3 is 5.43 Å². The Morgan fingerprint density at radius 3 is 2.75 bits per heavy atom. The Labute approximate surface area is 116 Å². The van der Waals surface area contributed by atoms with Gasteiger partial charge in [0.2, 0.25) is 0 Å². The number of hydrazine groups is 1. The molecule has 2 aromatic heterocycles. The second-order valence-electron chi connectivity index (χ2n) is 4.87. The minimum absolute atomic E-state index is 0.219. The van der Waals surface area contributed by atoms with Gasteiger partial charge >= 0.3 is 0 Å². The summed E-state index contributed by atoms with van der Waals surface area (Å²) in [6.45, 7) is 4.09. The molecule has 6 heteroatoms. The summed E-state index contributed by atoms with van der Waals surface area (Å²) in [6.07, 6.45) is 1.76. The van der Waals surface area contributed by atoms with Crippen molar-refractivity contribution in [3.63, 3.8) is 0 Å². The molecular formula is C14H16N6. The fourth-order valence-corrected chi connectivity index (χ4v) is 2.05. The molecule has 0 spiro atoms. The largest absolute Gasteiger partial charge is 0.308 e. The van der Waals surface area contributed by atoms with Crippen LogP contribution in [0.15, 0.2) is 36.7 Å². The number of rotatable bonds is 3. The lowest BCUT2D eigenvalue weighted by Gasteiger charge is -2.10. The number of hydrogen-bond donors (Lipinski definition) is 2. The van der Waals surface area contributed by atoms with Crippen LogP contribution in [-0.2, 0) is 0 Å². The second kappa shape index (κ2) is 4.90. The van der Waals surface area contributed by atoms with E-state index in [9.17, 15) is 0 Å². The van der Waals surface area contributed by atoms with E-state index in [0.717, 1.165) is 22.7 Å². The number of anilines is 1. The number of nitrogens with one attached hydrogen (secondary N) is 1. The van der Waals surface area contributed by atoms with E-state index < -0.39 is 0 Å². The summed E-state index contributed by atoms with van der Waals surface area (Å²) in [4.78, 5) is 13.3. The lowest BCUT2D eigenvalue weighted by Crippen LogP contribution is -2.12. The third-order valence-electron chi connectivity index (χ3n) is 3.09. The molecule has 0 bridgehead atoms. The van der Waals surface area contributed by atoms with Crippen LogP contribution >= 0.6 is 0 Å². The molecule has 3 rings (SSSR count). The van der Waals surface area contributed by atoms with Crippen molar-refractivity contribution in [1.82, 2.24) is 19.5 Å². The zero-order chi connectivity index (χ0) is 14.1. The summed E-state index contributed by atoms with van der Waals surface area (Å²) in [5.41, 5.74) is 4.52. The lowest BCUT2D eigenvalue weighted by molar-refractivity contribution is 0.765. The van der Waals surface area contributed by atoms with E-state index in [-0.39, 0.29) is 5.92 Å². The van der Waals surface area contributed by atoms with Crippen LogP contribution in [0.2, 0.25) is 0 Å². The minimum Gasteiger partial charge on any atom is -0.308 e. The Morgan fingerprint density at radius 1 is 1.20 bits per heavy atom. The van der Waals surface area contributed by atoms with E-state index in [1.807, 2.05) is 42.7 Å².